The Morgan fingerprint density at radius 3 is 2.91 bits per heavy atom. The van der Waals surface area contributed by atoms with E-state index in [2.05, 4.69) is 9.98 Å². The van der Waals surface area contributed by atoms with Crippen LogP contribution in [0.3, 0.4) is 0 Å². The second kappa shape index (κ2) is 6.11. The summed E-state index contributed by atoms with van der Waals surface area (Å²) in [7, 11) is 0. The molecule has 0 aliphatic rings. The third-order valence-corrected chi connectivity index (χ3v) is 3.76. The van der Waals surface area contributed by atoms with Crippen LogP contribution < -0.4 is 5.49 Å². The van der Waals surface area contributed by atoms with Crippen molar-refractivity contribution in [3.05, 3.63) is 59.4 Å². The molecule has 6 heteroatoms. The molecule has 0 amide bonds. The number of rotatable bonds is 3. The Hall–Kier alpha value is -2.47. The Bertz CT molecular complexity index is 844. The van der Waals surface area contributed by atoms with Crippen LogP contribution in [0.15, 0.2) is 57.6 Å². The van der Waals surface area contributed by atoms with Crippen molar-refractivity contribution in [3.8, 4) is 10.8 Å². The zero-order valence-corrected chi connectivity index (χ0v) is 13.1. The number of carbonyl (C=O) groups excluding carboxylic acids is 1. The summed E-state index contributed by atoms with van der Waals surface area (Å²) < 4.78 is 6.82. The highest BCUT2D eigenvalue weighted by atomic mass is 32.1. The number of nitrogens with zero attached hydrogens (tertiary/aromatic N) is 3. The van der Waals surface area contributed by atoms with Crippen molar-refractivity contribution >= 4 is 17.2 Å². The first-order valence-corrected chi connectivity index (χ1v) is 7.79. The molecule has 0 saturated carbocycles. The first-order chi connectivity index (χ1) is 10.6. The SMILES string of the molecule is CC(C)N=c1ccccn1C(=O)c1csc(-c2ccco2)n1. The van der Waals surface area contributed by atoms with E-state index in [4.69, 9.17) is 4.42 Å². The highest BCUT2D eigenvalue weighted by Crippen LogP contribution is 2.24. The van der Waals surface area contributed by atoms with Crippen LogP contribution in [0, 0.1) is 0 Å². The van der Waals surface area contributed by atoms with Crippen LogP contribution in [0.4, 0.5) is 0 Å². The molecule has 22 heavy (non-hydrogen) atoms. The average Bonchev–Trinajstić information content (AvgIpc) is 3.17. The fourth-order valence-corrected chi connectivity index (χ4v) is 2.74. The fourth-order valence-electron chi connectivity index (χ4n) is 1.98. The summed E-state index contributed by atoms with van der Waals surface area (Å²) >= 11 is 1.38. The summed E-state index contributed by atoms with van der Waals surface area (Å²) in [5.74, 6) is 0.461. The molecule has 0 bridgehead atoms. The zero-order chi connectivity index (χ0) is 15.5. The van der Waals surface area contributed by atoms with Crippen molar-refractivity contribution in [2.45, 2.75) is 19.9 Å². The zero-order valence-electron chi connectivity index (χ0n) is 12.3. The van der Waals surface area contributed by atoms with Crippen molar-refractivity contribution in [1.82, 2.24) is 9.55 Å². The number of aromatic nitrogens is 2. The van der Waals surface area contributed by atoms with Gasteiger partial charge in [-0.2, -0.15) is 0 Å². The molecule has 3 heterocycles. The molecule has 5 nitrogen and oxygen atoms in total. The number of hydrogen-bond donors (Lipinski definition) is 0. The van der Waals surface area contributed by atoms with Crippen LogP contribution in [0.5, 0.6) is 0 Å². The Balaban J connectivity index is 1.99. The fraction of sp³-hybridized carbons (Fsp3) is 0.188. The van der Waals surface area contributed by atoms with Gasteiger partial charge >= 0.3 is 0 Å². The van der Waals surface area contributed by atoms with Crippen LogP contribution in [0.2, 0.25) is 0 Å². The molecule has 3 aromatic rings. The molecule has 0 aromatic carbocycles. The summed E-state index contributed by atoms with van der Waals surface area (Å²) in [5, 5.41) is 2.42. The quantitative estimate of drug-likeness (QED) is 0.746. The van der Waals surface area contributed by atoms with Crippen molar-refractivity contribution in [3.63, 3.8) is 0 Å². The van der Waals surface area contributed by atoms with E-state index in [0.717, 1.165) is 0 Å². The van der Waals surface area contributed by atoms with Crippen LogP contribution in [-0.2, 0) is 0 Å². The van der Waals surface area contributed by atoms with E-state index in [1.807, 2.05) is 32.0 Å². The molecule has 112 valence electrons. The summed E-state index contributed by atoms with van der Waals surface area (Å²) in [5.41, 5.74) is 1.00. The van der Waals surface area contributed by atoms with Crippen molar-refractivity contribution in [2.24, 2.45) is 4.99 Å². The van der Waals surface area contributed by atoms with Crippen molar-refractivity contribution in [1.29, 1.82) is 0 Å². The minimum atomic E-state index is -0.200. The molecule has 0 radical (unpaired) electrons. The van der Waals surface area contributed by atoms with Crippen LogP contribution in [0.25, 0.3) is 10.8 Å². The molecule has 0 aliphatic carbocycles. The molecule has 0 aliphatic heterocycles. The lowest BCUT2D eigenvalue weighted by molar-refractivity contribution is 0.0950. The predicted octanol–water partition coefficient (Wildman–Crippen LogP) is 3.20. The Kier molecular flexibility index (Phi) is 4.02. The van der Waals surface area contributed by atoms with Gasteiger partial charge in [0.25, 0.3) is 5.91 Å². The van der Waals surface area contributed by atoms with Gasteiger partial charge in [0.2, 0.25) is 0 Å². The number of pyridine rings is 1. The molecule has 0 saturated heterocycles. The molecular formula is C16H15N3O2S. The van der Waals surface area contributed by atoms with E-state index >= 15 is 0 Å². The Labute approximate surface area is 131 Å². The molecule has 3 rings (SSSR count). The summed E-state index contributed by atoms with van der Waals surface area (Å²) in [6, 6.07) is 9.21. The monoisotopic (exact) mass is 313 g/mol. The van der Waals surface area contributed by atoms with Gasteiger partial charge in [-0.3, -0.25) is 14.4 Å². The highest BCUT2D eigenvalue weighted by molar-refractivity contribution is 7.13. The van der Waals surface area contributed by atoms with Gasteiger partial charge in [0, 0.05) is 17.6 Å². The van der Waals surface area contributed by atoms with Crippen LogP contribution in [-0.4, -0.2) is 21.5 Å². The van der Waals surface area contributed by atoms with E-state index in [9.17, 15) is 4.79 Å². The van der Waals surface area contributed by atoms with Crippen molar-refractivity contribution < 1.29 is 9.21 Å². The van der Waals surface area contributed by atoms with Crippen molar-refractivity contribution in [2.75, 3.05) is 0 Å². The molecule has 0 atom stereocenters. The number of hydrogen-bond acceptors (Lipinski definition) is 5. The third kappa shape index (κ3) is 2.92. The van der Waals surface area contributed by atoms with Gasteiger partial charge in [0.05, 0.1) is 6.26 Å². The molecular weight excluding hydrogens is 298 g/mol. The predicted molar refractivity (Wildman–Crippen MR) is 84.7 cm³/mol. The Morgan fingerprint density at radius 2 is 2.18 bits per heavy atom. The van der Waals surface area contributed by atoms with E-state index in [0.29, 0.717) is 21.9 Å². The van der Waals surface area contributed by atoms with Gasteiger partial charge in [0.1, 0.15) is 11.2 Å². The topological polar surface area (TPSA) is 60.4 Å². The lowest BCUT2D eigenvalue weighted by Crippen LogP contribution is -2.28. The van der Waals surface area contributed by atoms with Gasteiger partial charge in [-0.1, -0.05) is 6.07 Å². The van der Waals surface area contributed by atoms with Gasteiger partial charge in [-0.05, 0) is 38.1 Å². The third-order valence-electron chi connectivity index (χ3n) is 2.90. The second-order valence-corrected chi connectivity index (χ2v) is 5.83. The first kappa shape index (κ1) is 14.5. The van der Waals surface area contributed by atoms with E-state index < -0.39 is 0 Å². The number of carbonyl (C=O) groups is 1. The molecule has 3 aromatic heterocycles. The smallest absolute Gasteiger partial charge is 0.283 e. The van der Waals surface area contributed by atoms with Gasteiger partial charge < -0.3 is 4.42 Å². The minimum Gasteiger partial charge on any atom is -0.462 e. The maximum absolute atomic E-state index is 12.6. The molecule has 0 N–H and O–H groups in total. The molecule has 0 spiro atoms. The van der Waals surface area contributed by atoms with Crippen LogP contribution in [0.1, 0.15) is 24.3 Å². The van der Waals surface area contributed by atoms with Crippen LogP contribution >= 0.6 is 11.3 Å². The Morgan fingerprint density at radius 1 is 1.32 bits per heavy atom. The average molecular weight is 313 g/mol. The molecule has 0 unspecified atom stereocenters. The maximum atomic E-state index is 12.6. The molecule has 0 fully saturated rings. The van der Waals surface area contributed by atoms with E-state index in [1.54, 1.807) is 30.0 Å². The summed E-state index contributed by atoms with van der Waals surface area (Å²) in [4.78, 5) is 21.5. The summed E-state index contributed by atoms with van der Waals surface area (Å²) in [6.45, 7) is 3.94. The maximum Gasteiger partial charge on any atom is 0.283 e. The van der Waals surface area contributed by atoms with E-state index in [-0.39, 0.29) is 11.9 Å². The van der Waals surface area contributed by atoms with E-state index in [1.165, 1.54) is 15.9 Å². The largest absolute Gasteiger partial charge is 0.462 e. The van der Waals surface area contributed by atoms with Gasteiger partial charge in [-0.25, -0.2) is 4.98 Å². The lowest BCUT2D eigenvalue weighted by Gasteiger charge is -2.05. The normalized spacial score (nSPS) is 12.0. The number of thiazole rings is 1. The second-order valence-electron chi connectivity index (χ2n) is 4.97. The van der Waals surface area contributed by atoms with Gasteiger partial charge in [-0.15, -0.1) is 11.3 Å². The standard InChI is InChI=1S/C16H15N3O2S/c1-11(2)17-14-7-3-4-8-19(14)16(20)12-10-22-15(18-12)13-6-5-9-21-13/h3-11H,1-2H3. The number of furan rings is 1. The lowest BCUT2D eigenvalue weighted by atomic mass is 10.4. The minimum absolute atomic E-state index is 0.107. The highest BCUT2D eigenvalue weighted by Gasteiger charge is 2.15. The first-order valence-electron chi connectivity index (χ1n) is 6.91. The van der Waals surface area contributed by atoms with Gasteiger partial charge in [0.15, 0.2) is 10.8 Å². The summed E-state index contributed by atoms with van der Waals surface area (Å²) in [6.07, 6.45) is 3.29.